The van der Waals surface area contributed by atoms with Gasteiger partial charge >= 0.3 is 6.09 Å². The fourth-order valence-corrected chi connectivity index (χ4v) is 2.65. The number of amides is 1. The maximum atomic E-state index is 12.2. The van der Waals surface area contributed by atoms with Gasteiger partial charge in [0.15, 0.2) is 0 Å². The fraction of sp³-hybridized carbons (Fsp3) is 0.500. The molecule has 1 aliphatic rings. The summed E-state index contributed by atoms with van der Waals surface area (Å²) >= 11 is 0. The Balaban J connectivity index is 1.85. The van der Waals surface area contributed by atoms with E-state index in [4.69, 9.17) is 4.74 Å². The zero-order valence-electron chi connectivity index (χ0n) is 13.2. The van der Waals surface area contributed by atoms with Gasteiger partial charge in [-0.05, 0) is 38.5 Å². The largest absolute Gasteiger partial charge is 0.444 e. The summed E-state index contributed by atoms with van der Waals surface area (Å²) in [6, 6.07) is 5.76. The van der Waals surface area contributed by atoms with E-state index >= 15 is 0 Å². The lowest BCUT2D eigenvalue weighted by molar-refractivity contribution is 0.0197. The van der Waals surface area contributed by atoms with Crippen LogP contribution in [0.1, 0.15) is 32.2 Å². The van der Waals surface area contributed by atoms with E-state index in [-0.39, 0.29) is 12.7 Å². The Hall–Kier alpha value is -2.08. The molecular formula is C16H21N3O3. The number of carbonyl (C=O) groups excluding carboxylic acids is 1. The van der Waals surface area contributed by atoms with Crippen molar-refractivity contribution in [1.82, 2.24) is 14.5 Å². The smallest absolute Gasteiger partial charge is 0.410 e. The first-order chi connectivity index (χ1) is 10.4. The average molecular weight is 303 g/mol. The first-order valence-corrected chi connectivity index (χ1v) is 7.44. The molecule has 1 amide bonds. The molecule has 0 aliphatic carbocycles. The van der Waals surface area contributed by atoms with E-state index in [9.17, 15) is 9.90 Å². The van der Waals surface area contributed by atoms with E-state index in [1.807, 2.05) is 39.0 Å². The minimum atomic E-state index is -0.495. The van der Waals surface area contributed by atoms with E-state index in [1.54, 1.807) is 4.90 Å². The third-order valence-corrected chi connectivity index (χ3v) is 3.65. The van der Waals surface area contributed by atoms with Crippen molar-refractivity contribution in [2.24, 2.45) is 0 Å². The van der Waals surface area contributed by atoms with Crippen molar-refractivity contribution in [2.75, 3.05) is 6.54 Å². The SMILES string of the molecule is CC(C)(C)OC(=O)N1CCn2c(nc3cc(CO)ccc32)C1. The first kappa shape index (κ1) is 14.8. The number of benzene rings is 1. The first-order valence-electron chi connectivity index (χ1n) is 7.44. The van der Waals surface area contributed by atoms with Crippen molar-refractivity contribution in [3.63, 3.8) is 0 Å². The topological polar surface area (TPSA) is 67.6 Å². The van der Waals surface area contributed by atoms with Gasteiger partial charge < -0.3 is 14.4 Å². The van der Waals surface area contributed by atoms with Gasteiger partial charge in [-0.3, -0.25) is 4.90 Å². The van der Waals surface area contributed by atoms with Gasteiger partial charge in [-0.2, -0.15) is 0 Å². The van der Waals surface area contributed by atoms with Crippen molar-refractivity contribution >= 4 is 17.1 Å². The number of ether oxygens (including phenoxy) is 1. The zero-order chi connectivity index (χ0) is 15.9. The summed E-state index contributed by atoms with van der Waals surface area (Å²) < 4.78 is 7.54. The van der Waals surface area contributed by atoms with Crippen LogP contribution in [0.3, 0.4) is 0 Å². The molecule has 0 fully saturated rings. The maximum Gasteiger partial charge on any atom is 0.410 e. The highest BCUT2D eigenvalue weighted by atomic mass is 16.6. The molecule has 6 heteroatoms. The highest BCUT2D eigenvalue weighted by Crippen LogP contribution is 2.23. The molecule has 3 rings (SSSR count). The van der Waals surface area contributed by atoms with Gasteiger partial charge in [0.1, 0.15) is 11.4 Å². The molecule has 1 N–H and O–H groups in total. The summed E-state index contributed by atoms with van der Waals surface area (Å²) in [7, 11) is 0. The molecule has 0 saturated carbocycles. The van der Waals surface area contributed by atoms with Gasteiger partial charge in [0, 0.05) is 13.1 Å². The van der Waals surface area contributed by atoms with E-state index in [0.717, 1.165) is 22.4 Å². The highest BCUT2D eigenvalue weighted by Gasteiger charge is 2.27. The maximum absolute atomic E-state index is 12.2. The number of fused-ring (bicyclic) bond motifs is 3. The summed E-state index contributed by atoms with van der Waals surface area (Å²) in [5.74, 6) is 0.849. The van der Waals surface area contributed by atoms with Crippen LogP contribution in [-0.4, -0.2) is 37.8 Å². The number of nitrogens with zero attached hydrogens (tertiary/aromatic N) is 3. The number of imidazole rings is 1. The summed E-state index contributed by atoms with van der Waals surface area (Å²) in [5, 5.41) is 9.22. The van der Waals surface area contributed by atoms with Gasteiger partial charge in [-0.25, -0.2) is 9.78 Å². The third-order valence-electron chi connectivity index (χ3n) is 3.65. The Labute approximate surface area is 129 Å². The lowest BCUT2D eigenvalue weighted by Gasteiger charge is -2.30. The monoisotopic (exact) mass is 303 g/mol. The fourth-order valence-electron chi connectivity index (χ4n) is 2.65. The van der Waals surface area contributed by atoms with Crippen molar-refractivity contribution in [3.8, 4) is 0 Å². The normalized spacial score (nSPS) is 15.0. The van der Waals surface area contributed by atoms with Crippen LogP contribution < -0.4 is 0 Å². The highest BCUT2D eigenvalue weighted by molar-refractivity contribution is 5.77. The van der Waals surface area contributed by atoms with Crippen LogP contribution >= 0.6 is 0 Å². The predicted octanol–water partition coefficient (Wildman–Crippen LogP) is 2.28. The number of rotatable bonds is 1. The molecule has 0 unspecified atom stereocenters. The standard InChI is InChI=1S/C16H21N3O3/c1-16(2,3)22-15(21)18-6-7-19-13-5-4-11(10-20)8-12(13)17-14(19)9-18/h4-5,8,20H,6-7,9-10H2,1-3H3. The van der Waals surface area contributed by atoms with E-state index in [1.165, 1.54) is 0 Å². The molecule has 2 aromatic rings. The predicted molar refractivity (Wildman–Crippen MR) is 82.3 cm³/mol. The van der Waals surface area contributed by atoms with Gasteiger partial charge in [0.25, 0.3) is 0 Å². The molecule has 0 radical (unpaired) electrons. The number of aliphatic hydroxyl groups excluding tert-OH is 1. The molecule has 22 heavy (non-hydrogen) atoms. The quantitative estimate of drug-likeness (QED) is 0.877. The minimum Gasteiger partial charge on any atom is -0.444 e. The Morgan fingerprint density at radius 1 is 1.36 bits per heavy atom. The van der Waals surface area contributed by atoms with Gasteiger partial charge in [0.2, 0.25) is 0 Å². The van der Waals surface area contributed by atoms with Crippen molar-refractivity contribution < 1.29 is 14.6 Å². The lowest BCUT2D eigenvalue weighted by atomic mass is 10.2. The molecule has 6 nitrogen and oxygen atoms in total. The van der Waals surface area contributed by atoms with E-state index < -0.39 is 5.60 Å². The van der Waals surface area contributed by atoms with E-state index in [2.05, 4.69) is 9.55 Å². The molecule has 1 aromatic heterocycles. The number of hydrogen-bond acceptors (Lipinski definition) is 4. The van der Waals surface area contributed by atoms with Crippen LogP contribution in [0.5, 0.6) is 0 Å². The Bertz CT molecular complexity index is 715. The second-order valence-corrected chi connectivity index (χ2v) is 6.56. The van der Waals surface area contributed by atoms with Crippen LogP contribution in [0, 0.1) is 0 Å². The van der Waals surface area contributed by atoms with Gasteiger partial charge in [0.05, 0.1) is 24.2 Å². The summed E-state index contributed by atoms with van der Waals surface area (Å²) in [5.41, 5.74) is 2.24. The number of hydrogen-bond donors (Lipinski definition) is 1. The molecule has 0 atom stereocenters. The van der Waals surface area contributed by atoms with Gasteiger partial charge in [-0.1, -0.05) is 6.07 Å². The molecule has 1 aromatic carbocycles. The number of aliphatic hydroxyl groups is 1. The number of aromatic nitrogens is 2. The summed E-state index contributed by atoms with van der Waals surface area (Å²) in [6.45, 7) is 7.33. The van der Waals surface area contributed by atoms with Crippen LogP contribution in [0.4, 0.5) is 4.79 Å². The molecule has 0 saturated heterocycles. The minimum absolute atomic E-state index is 0.00215. The lowest BCUT2D eigenvalue weighted by Crippen LogP contribution is -2.41. The summed E-state index contributed by atoms with van der Waals surface area (Å²) in [4.78, 5) is 18.4. The van der Waals surface area contributed by atoms with Gasteiger partial charge in [-0.15, -0.1) is 0 Å². The molecule has 0 bridgehead atoms. The molecule has 2 heterocycles. The van der Waals surface area contributed by atoms with E-state index in [0.29, 0.717) is 19.6 Å². The molecule has 118 valence electrons. The van der Waals surface area contributed by atoms with Crippen LogP contribution in [0.2, 0.25) is 0 Å². The van der Waals surface area contributed by atoms with Crippen LogP contribution in [-0.2, 0) is 24.4 Å². The van der Waals surface area contributed by atoms with Crippen LogP contribution in [0.25, 0.3) is 11.0 Å². The zero-order valence-corrected chi connectivity index (χ0v) is 13.2. The second-order valence-electron chi connectivity index (χ2n) is 6.56. The number of carbonyl (C=O) groups is 1. The van der Waals surface area contributed by atoms with Crippen molar-refractivity contribution in [2.45, 2.75) is 46.1 Å². The average Bonchev–Trinajstić information content (AvgIpc) is 2.81. The third kappa shape index (κ3) is 2.78. The van der Waals surface area contributed by atoms with Crippen molar-refractivity contribution in [1.29, 1.82) is 0 Å². The van der Waals surface area contributed by atoms with Crippen molar-refractivity contribution in [3.05, 3.63) is 29.6 Å². The second kappa shape index (κ2) is 5.28. The Morgan fingerprint density at radius 3 is 2.82 bits per heavy atom. The van der Waals surface area contributed by atoms with Crippen LogP contribution in [0.15, 0.2) is 18.2 Å². The molecule has 0 spiro atoms. The molecule has 1 aliphatic heterocycles. The molecular weight excluding hydrogens is 282 g/mol. The summed E-state index contributed by atoms with van der Waals surface area (Å²) in [6.07, 6.45) is -0.304. The Morgan fingerprint density at radius 2 is 2.14 bits per heavy atom. The Kier molecular flexibility index (Phi) is 3.56.